The average molecular weight is 465 g/mol. The number of primary amides is 2. The third-order valence-corrected chi connectivity index (χ3v) is 3.89. The average Bonchev–Trinajstić information content (AvgIpc) is 3.11. The van der Waals surface area contributed by atoms with E-state index in [4.69, 9.17) is 9.53 Å². The molecular weight excluding hydrogens is 432 g/mol. The lowest BCUT2D eigenvalue weighted by Gasteiger charge is -2.04. The van der Waals surface area contributed by atoms with E-state index in [1.807, 2.05) is 69.3 Å². The van der Waals surface area contributed by atoms with E-state index >= 15 is 0 Å². The molecule has 2 aromatic rings. The van der Waals surface area contributed by atoms with Crippen LogP contribution in [0.15, 0.2) is 60.7 Å². The molecule has 0 unspecified atom stereocenters. The summed E-state index contributed by atoms with van der Waals surface area (Å²) in [6.07, 6.45) is 0.560. The molecule has 0 spiro atoms. The van der Waals surface area contributed by atoms with Crippen LogP contribution in [-0.2, 0) is 11.3 Å². The lowest BCUT2D eigenvalue weighted by Crippen LogP contribution is -2.18. The number of aryl methyl sites for hydroxylation is 1. The third kappa shape index (κ3) is 11.9. The molecule has 0 saturated heterocycles. The van der Waals surface area contributed by atoms with Gasteiger partial charge in [-0.05, 0) is 48.6 Å². The number of fused-ring (bicyclic) bond motifs is 1. The molecule has 0 aliphatic carbocycles. The number of amides is 3. The van der Waals surface area contributed by atoms with Crippen molar-refractivity contribution in [2.45, 2.75) is 27.3 Å². The summed E-state index contributed by atoms with van der Waals surface area (Å²) >= 11 is 0. The number of aldehydes is 1. The number of hydrogen-bond acceptors (Lipinski definition) is 5. The highest BCUT2D eigenvalue weighted by Gasteiger charge is 2.24. The van der Waals surface area contributed by atoms with E-state index in [1.54, 1.807) is 31.2 Å². The maximum Gasteiger partial charge on any atom is 0.309 e. The van der Waals surface area contributed by atoms with Crippen molar-refractivity contribution in [2.24, 2.45) is 11.5 Å². The van der Waals surface area contributed by atoms with Gasteiger partial charge in [0.15, 0.2) is 6.29 Å². The Bertz CT molecular complexity index is 1070. The first-order valence-electron chi connectivity index (χ1n) is 10.5. The predicted molar refractivity (Wildman–Crippen MR) is 133 cm³/mol. The summed E-state index contributed by atoms with van der Waals surface area (Å²) in [4.78, 5) is 36.6. The van der Waals surface area contributed by atoms with Gasteiger partial charge in [-0.2, -0.15) is 0 Å². The van der Waals surface area contributed by atoms with Gasteiger partial charge in [0.2, 0.25) is 0 Å². The van der Waals surface area contributed by atoms with Crippen molar-refractivity contribution in [3.63, 3.8) is 0 Å². The second kappa shape index (κ2) is 17.2. The van der Waals surface area contributed by atoms with E-state index in [0.29, 0.717) is 18.5 Å². The zero-order chi connectivity index (χ0) is 25.9. The molecule has 4 N–H and O–H groups in total. The van der Waals surface area contributed by atoms with Crippen molar-refractivity contribution in [2.75, 3.05) is 14.2 Å². The van der Waals surface area contributed by atoms with E-state index in [-0.39, 0.29) is 5.91 Å². The maximum absolute atomic E-state index is 11.5. The Kier molecular flexibility index (Phi) is 15.0. The van der Waals surface area contributed by atoms with Gasteiger partial charge in [0, 0.05) is 24.8 Å². The molecule has 1 aliphatic rings. The number of ether oxygens (including phenoxy) is 1. The molecule has 3 amide bonds. The van der Waals surface area contributed by atoms with Gasteiger partial charge in [-0.1, -0.05) is 50.2 Å². The largest absolute Gasteiger partial charge is 0.497 e. The Morgan fingerprint density at radius 2 is 1.68 bits per heavy atom. The number of hydrogen-bond donors (Lipinski definition) is 2. The van der Waals surface area contributed by atoms with Crippen molar-refractivity contribution < 1.29 is 19.1 Å². The quantitative estimate of drug-likeness (QED) is 0.494. The van der Waals surface area contributed by atoms with Crippen LogP contribution in [0.3, 0.4) is 0 Å². The van der Waals surface area contributed by atoms with Crippen LogP contribution < -0.4 is 16.2 Å². The lowest BCUT2D eigenvalue weighted by molar-refractivity contribution is -0.103. The van der Waals surface area contributed by atoms with Gasteiger partial charge in [-0.3, -0.25) is 9.59 Å². The van der Waals surface area contributed by atoms with Crippen LogP contribution in [0.5, 0.6) is 5.75 Å². The molecule has 8 nitrogen and oxygen atoms in total. The zero-order valence-corrected chi connectivity index (χ0v) is 20.2. The number of nitrogens with zero attached hydrogens (tertiary/aromatic N) is 2. The molecule has 0 atom stereocenters. The first kappa shape index (κ1) is 29.6. The Labute approximate surface area is 201 Å². The summed E-state index contributed by atoms with van der Waals surface area (Å²) < 4.78 is 5.05. The van der Waals surface area contributed by atoms with E-state index in [1.165, 1.54) is 0 Å². The number of carbonyl (C=O) groups is 3. The van der Waals surface area contributed by atoms with E-state index in [0.717, 1.165) is 22.6 Å². The molecule has 0 saturated carbocycles. The van der Waals surface area contributed by atoms with Crippen LogP contribution in [0.2, 0.25) is 0 Å². The zero-order valence-electron chi connectivity index (χ0n) is 20.2. The molecule has 1 aromatic heterocycles. The van der Waals surface area contributed by atoms with Gasteiger partial charge >= 0.3 is 6.03 Å². The van der Waals surface area contributed by atoms with Crippen molar-refractivity contribution in [3.8, 4) is 17.6 Å². The number of aromatic nitrogens is 1. The predicted octanol–water partition coefficient (Wildman–Crippen LogP) is 3.40. The number of methoxy groups -OCH3 is 1. The summed E-state index contributed by atoms with van der Waals surface area (Å²) in [5.41, 5.74) is 11.8. The molecule has 2 heterocycles. The normalized spacial score (nSPS) is 10.0. The number of rotatable bonds is 1. The van der Waals surface area contributed by atoms with Gasteiger partial charge in [0.25, 0.3) is 5.91 Å². The van der Waals surface area contributed by atoms with Gasteiger partial charge in [-0.25, -0.2) is 9.78 Å². The van der Waals surface area contributed by atoms with Crippen LogP contribution in [0.25, 0.3) is 0 Å². The van der Waals surface area contributed by atoms with Gasteiger partial charge in [0.1, 0.15) is 11.4 Å². The second-order valence-corrected chi connectivity index (χ2v) is 6.41. The molecule has 34 heavy (non-hydrogen) atoms. The van der Waals surface area contributed by atoms with Crippen LogP contribution in [0.4, 0.5) is 4.79 Å². The number of benzene rings is 1. The molecule has 1 aliphatic heterocycles. The highest BCUT2D eigenvalue weighted by molar-refractivity contribution is 5.98. The minimum Gasteiger partial charge on any atom is -0.497 e. The Morgan fingerprint density at radius 1 is 1.09 bits per heavy atom. The molecule has 3 rings (SSSR count). The standard InChI is InChI=1S/C13H11NO.C10H11NO2.C2H6.CH4N2O/c1-12-8-5-3-2-4-6-9-13(14-12)10-7-11-15;1-11-6-7-3-4-8(13-2)5-9(7)10(11)12;1-2;2-1(3)4/h2-6,8-9,11H,1H3;3-5H,6H2,1-2H3;1-2H3;(H4,2,3,4). The summed E-state index contributed by atoms with van der Waals surface area (Å²) in [7, 11) is 3.40. The van der Waals surface area contributed by atoms with Crippen molar-refractivity contribution >= 4 is 18.2 Å². The fraction of sp³-hybridized carbons (Fsp3) is 0.231. The van der Waals surface area contributed by atoms with Crippen molar-refractivity contribution in [1.29, 1.82) is 0 Å². The Hall–Kier alpha value is -4.38. The third-order valence-electron chi connectivity index (χ3n) is 3.89. The monoisotopic (exact) mass is 464 g/mol. The van der Waals surface area contributed by atoms with E-state index in [2.05, 4.69) is 28.3 Å². The minimum absolute atomic E-state index is 0.0777. The fourth-order valence-corrected chi connectivity index (χ4v) is 2.52. The molecule has 8 heteroatoms. The molecule has 1 aromatic carbocycles. The smallest absolute Gasteiger partial charge is 0.309 e. The minimum atomic E-state index is -0.833. The SMILES string of the molecule is CC.COc1ccc2c(c1)C(=O)N(C)C2.Cc1cccccccc(C#CC=O)n1.NC(N)=O. The van der Waals surface area contributed by atoms with Gasteiger partial charge in [-0.15, -0.1) is 0 Å². The Balaban J connectivity index is 0.000000524. The number of nitrogens with two attached hydrogens (primary N) is 2. The maximum atomic E-state index is 11.5. The molecule has 0 bridgehead atoms. The van der Waals surface area contributed by atoms with Gasteiger partial charge in [0.05, 0.1) is 7.11 Å². The lowest BCUT2D eigenvalue weighted by atomic mass is 10.1. The summed E-state index contributed by atoms with van der Waals surface area (Å²) in [6, 6.07) is 17.9. The topological polar surface area (TPSA) is 129 Å². The van der Waals surface area contributed by atoms with Crippen molar-refractivity contribution in [1.82, 2.24) is 9.88 Å². The number of urea groups is 1. The molecule has 180 valence electrons. The van der Waals surface area contributed by atoms with E-state index < -0.39 is 6.03 Å². The molecule has 0 radical (unpaired) electrons. The van der Waals surface area contributed by atoms with Crippen LogP contribution in [-0.4, -0.2) is 42.3 Å². The summed E-state index contributed by atoms with van der Waals surface area (Å²) in [5.74, 6) is 5.82. The summed E-state index contributed by atoms with van der Waals surface area (Å²) in [6.45, 7) is 6.59. The first-order valence-corrected chi connectivity index (χ1v) is 10.5. The number of carbonyl (C=O) groups excluding carboxylic acids is 3. The summed E-state index contributed by atoms with van der Waals surface area (Å²) in [5, 5.41) is 0. The fourth-order valence-electron chi connectivity index (χ4n) is 2.52. The van der Waals surface area contributed by atoms with Crippen LogP contribution in [0.1, 0.15) is 41.2 Å². The second-order valence-electron chi connectivity index (χ2n) is 6.41. The molecule has 0 fully saturated rings. The van der Waals surface area contributed by atoms with E-state index in [9.17, 15) is 9.59 Å². The van der Waals surface area contributed by atoms with Crippen LogP contribution >= 0.6 is 0 Å². The Morgan fingerprint density at radius 3 is 2.26 bits per heavy atom. The highest BCUT2D eigenvalue weighted by Crippen LogP contribution is 2.25. The van der Waals surface area contributed by atoms with Gasteiger partial charge < -0.3 is 21.1 Å². The molecular formula is C26H32N4O4. The first-order chi connectivity index (χ1) is 16.3. The highest BCUT2D eigenvalue weighted by atomic mass is 16.5. The van der Waals surface area contributed by atoms with Crippen LogP contribution in [0, 0.1) is 18.8 Å². The van der Waals surface area contributed by atoms with Crippen molar-refractivity contribution in [3.05, 3.63) is 83.2 Å².